The van der Waals surface area contributed by atoms with Gasteiger partial charge in [-0.1, -0.05) is 12.1 Å². The van der Waals surface area contributed by atoms with Gasteiger partial charge in [0.05, 0.1) is 12.7 Å². The summed E-state index contributed by atoms with van der Waals surface area (Å²) in [7, 11) is 1.43. The molecule has 1 saturated heterocycles. The highest BCUT2D eigenvalue weighted by Gasteiger charge is 2.24. The monoisotopic (exact) mass is 302 g/mol. The molecule has 2 fully saturated rings. The van der Waals surface area contributed by atoms with Crippen LogP contribution in [0.1, 0.15) is 41.6 Å². The van der Waals surface area contributed by atoms with Crippen LogP contribution in [-0.4, -0.2) is 43.7 Å². The first-order chi connectivity index (χ1) is 10.7. The second-order valence-electron chi connectivity index (χ2n) is 6.59. The van der Waals surface area contributed by atoms with Gasteiger partial charge in [-0.05, 0) is 68.9 Å². The first-order valence-electron chi connectivity index (χ1n) is 8.37. The maximum absolute atomic E-state index is 11.6. The standard InChI is InChI=1S/C18H26N2O2/c1-22-18(21)16-4-2-3-15(11-16)13-20-9-7-17(8-10-20)19-12-14-5-6-14/h2-4,11,14,17,19H,5-10,12-13H2,1H3. The number of hydrogen-bond acceptors (Lipinski definition) is 4. The second kappa shape index (κ2) is 7.25. The van der Waals surface area contributed by atoms with E-state index < -0.39 is 0 Å². The number of carbonyl (C=O) groups is 1. The Hall–Kier alpha value is -1.39. The van der Waals surface area contributed by atoms with Crippen molar-refractivity contribution in [2.45, 2.75) is 38.3 Å². The van der Waals surface area contributed by atoms with Crippen LogP contribution in [0.3, 0.4) is 0 Å². The number of carbonyl (C=O) groups excluding carboxylic acids is 1. The van der Waals surface area contributed by atoms with Crippen LogP contribution in [0.15, 0.2) is 24.3 Å². The van der Waals surface area contributed by atoms with Crippen LogP contribution in [0, 0.1) is 5.92 Å². The first kappa shape index (κ1) is 15.5. The van der Waals surface area contributed by atoms with E-state index in [1.807, 2.05) is 18.2 Å². The predicted octanol–water partition coefficient (Wildman–Crippen LogP) is 2.44. The lowest BCUT2D eigenvalue weighted by atomic mass is 10.0. The van der Waals surface area contributed by atoms with Gasteiger partial charge in [-0.15, -0.1) is 0 Å². The minimum atomic E-state index is -0.259. The van der Waals surface area contributed by atoms with Gasteiger partial charge in [-0.25, -0.2) is 4.79 Å². The molecule has 0 unspecified atom stereocenters. The molecule has 22 heavy (non-hydrogen) atoms. The summed E-state index contributed by atoms with van der Waals surface area (Å²) in [6.45, 7) is 4.39. The number of nitrogens with zero attached hydrogens (tertiary/aromatic N) is 1. The van der Waals surface area contributed by atoms with Crippen LogP contribution >= 0.6 is 0 Å². The number of hydrogen-bond donors (Lipinski definition) is 1. The van der Waals surface area contributed by atoms with Crippen LogP contribution in [-0.2, 0) is 11.3 Å². The van der Waals surface area contributed by atoms with Crippen molar-refractivity contribution >= 4 is 5.97 Å². The topological polar surface area (TPSA) is 41.6 Å². The molecule has 1 aliphatic heterocycles. The van der Waals surface area contributed by atoms with E-state index in [0.29, 0.717) is 11.6 Å². The average molecular weight is 302 g/mol. The third-order valence-corrected chi connectivity index (χ3v) is 4.73. The minimum absolute atomic E-state index is 0.259. The second-order valence-corrected chi connectivity index (χ2v) is 6.59. The van der Waals surface area contributed by atoms with Crippen molar-refractivity contribution < 1.29 is 9.53 Å². The summed E-state index contributed by atoms with van der Waals surface area (Å²) in [4.78, 5) is 14.1. The maximum atomic E-state index is 11.6. The fourth-order valence-electron chi connectivity index (χ4n) is 3.12. The van der Waals surface area contributed by atoms with E-state index in [2.05, 4.69) is 16.3 Å². The summed E-state index contributed by atoms with van der Waals surface area (Å²) >= 11 is 0. The van der Waals surface area contributed by atoms with Gasteiger partial charge in [-0.2, -0.15) is 0 Å². The smallest absolute Gasteiger partial charge is 0.337 e. The predicted molar refractivity (Wildman–Crippen MR) is 86.8 cm³/mol. The molecule has 1 saturated carbocycles. The van der Waals surface area contributed by atoms with E-state index in [0.717, 1.165) is 25.6 Å². The van der Waals surface area contributed by atoms with Crippen LogP contribution in [0.5, 0.6) is 0 Å². The summed E-state index contributed by atoms with van der Waals surface area (Å²) in [5.74, 6) is 0.698. The summed E-state index contributed by atoms with van der Waals surface area (Å²) in [6.07, 6.45) is 5.29. The van der Waals surface area contributed by atoms with Gasteiger partial charge in [0.1, 0.15) is 0 Å². The SMILES string of the molecule is COC(=O)c1cccc(CN2CCC(NCC3CC3)CC2)c1. The fourth-order valence-corrected chi connectivity index (χ4v) is 3.12. The van der Waals surface area contributed by atoms with Crippen LogP contribution in [0.25, 0.3) is 0 Å². The number of esters is 1. The van der Waals surface area contributed by atoms with E-state index in [-0.39, 0.29) is 5.97 Å². The third kappa shape index (κ3) is 4.31. The van der Waals surface area contributed by atoms with E-state index in [1.54, 1.807) is 0 Å². The molecule has 2 aliphatic rings. The van der Waals surface area contributed by atoms with E-state index in [4.69, 9.17) is 4.74 Å². The first-order valence-corrected chi connectivity index (χ1v) is 8.37. The van der Waals surface area contributed by atoms with Gasteiger partial charge < -0.3 is 10.1 Å². The summed E-state index contributed by atoms with van der Waals surface area (Å²) in [5, 5.41) is 3.71. The summed E-state index contributed by atoms with van der Waals surface area (Å²) in [5.41, 5.74) is 1.83. The zero-order chi connectivity index (χ0) is 15.4. The number of methoxy groups -OCH3 is 1. The Morgan fingerprint density at radius 3 is 2.73 bits per heavy atom. The summed E-state index contributed by atoms with van der Waals surface area (Å²) in [6, 6.07) is 8.47. The van der Waals surface area contributed by atoms with Crippen molar-refractivity contribution in [3.63, 3.8) is 0 Å². The lowest BCUT2D eigenvalue weighted by Crippen LogP contribution is -2.42. The van der Waals surface area contributed by atoms with Crippen LogP contribution in [0.2, 0.25) is 0 Å². The molecule has 0 aromatic heterocycles. The highest BCUT2D eigenvalue weighted by atomic mass is 16.5. The normalized spacial score (nSPS) is 20.0. The molecule has 0 spiro atoms. The number of piperidine rings is 1. The van der Waals surface area contributed by atoms with Gasteiger partial charge >= 0.3 is 5.97 Å². The minimum Gasteiger partial charge on any atom is -0.465 e. The highest BCUT2D eigenvalue weighted by molar-refractivity contribution is 5.89. The Bertz CT molecular complexity index is 506. The van der Waals surface area contributed by atoms with Crippen molar-refractivity contribution in [2.24, 2.45) is 5.92 Å². The molecule has 3 rings (SSSR count). The molecular formula is C18H26N2O2. The zero-order valence-corrected chi connectivity index (χ0v) is 13.4. The summed E-state index contributed by atoms with van der Waals surface area (Å²) < 4.78 is 4.79. The Balaban J connectivity index is 1.46. The molecule has 1 aromatic carbocycles. The van der Waals surface area contributed by atoms with Gasteiger partial charge in [-0.3, -0.25) is 4.90 Å². The Morgan fingerprint density at radius 2 is 2.05 bits per heavy atom. The number of likely N-dealkylation sites (tertiary alicyclic amines) is 1. The molecule has 4 heteroatoms. The molecule has 1 heterocycles. The molecule has 1 N–H and O–H groups in total. The zero-order valence-electron chi connectivity index (χ0n) is 13.4. The Morgan fingerprint density at radius 1 is 1.27 bits per heavy atom. The Labute approximate surface area is 132 Å². The van der Waals surface area contributed by atoms with Gasteiger partial charge in [0.25, 0.3) is 0 Å². The van der Waals surface area contributed by atoms with Crippen molar-refractivity contribution in [3.8, 4) is 0 Å². The highest BCUT2D eigenvalue weighted by Crippen LogP contribution is 2.28. The Kier molecular flexibility index (Phi) is 5.11. The van der Waals surface area contributed by atoms with Crippen LogP contribution in [0.4, 0.5) is 0 Å². The molecule has 1 aromatic rings. The molecular weight excluding hydrogens is 276 g/mol. The largest absolute Gasteiger partial charge is 0.465 e. The molecule has 0 radical (unpaired) electrons. The van der Waals surface area contributed by atoms with E-state index in [1.165, 1.54) is 44.9 Å². The molecule has 0 bridgehead atoms. The van der Waals surface area contributed by atoms with Gasteiger partial charge in [0, 0.05) is 12.6 Å². The van der Waals surface area contributed by atoms with Crippen LogP contribution < -0.4 is 5.32 Å². The molecule has 0 atom stereocenters. The van der Waals surface area contributed by atoms with E-state index in [9.17, 15) is 4.79 Å². The van der Waals surface area contributed by atoms with Gasteiger partial charge in [0.15, 0.2) is 0 Å². The fraction of sp³-hybridized carbons (Fsp3) is 0.611. The average Bonchev–Trinajstić information content (AvgIpc) is 3.38. The van der Waals surface area contributed by atoms with Crippen molar-refractivity contribution in [1.82, 2.24) is 10.2 Å². The number of ether oxygens (including phenoxy) is 1. The number of rotatable bonds is 6. The lowest BCUT2D eigenvalue weighted by Gasteiger charge is -2.32. The molecule has 1 aliphatic carbocycles. The number of benzene rings is 1. The molecule has 4 nitrogen and oxygen atoms in total. The van der Waals surface area contributed by atoms with Gasteiger partial charge in [0.2, 0.25) is 0 Å². The number of nitrogens with one attached hydrogen (secondary N) is 1. The molecule has 0 amide bonds. The van der Waals surface area contributed by atoms with Crippen molar-refractivity contribution in [1.29, 1.82) is 0 Å². The van der Waals surface area contributed by atoms with Crippen molar-refractivity contribution in [2.75, 3.05) is 26.7 Å². The van der Waals surface area contributed by atoms with Crippen molar-refractivity contribution in [3.05, 3.63) is 35.4 Å². The lowest BCUT2D eigenvalue weighted by molar-refractivity contribution is 0.0600. The third-order valence-electron chi connectivity index (χ3n) is 4.73. The maximum Gasteiger partial charge on any atom is 0.337 e. The van der Waals surface area contributed by atoms with E-state index >= 15 is 0 Å². The molecule has 120 valence electrons. The quantitative estimate of drug-likeness (QED) is 0.820.